The molecule has 0 bridgehead atoms. The minimum atomic E-state index is -0.635. The Morgan fingerprint density at radius 2 is 1.65 bits per heavy atom. The molecule has 0 saturated heterocycles. The average molecular weight is 270 g/mol. The molecule has 0 fully saturated rings. The van der Waals surface area contributed by atoms with Crippen molar-refractivity contribution in [3.05, 3.63) is 52.9 Å². The zero-order valence-electron chi connectivity index (χ0n) is 10.2. The van der Waals surface area contributed by atoms with E-state index in [1.54, 1.807) is 18.2 Å². The zero-order valence-corrected chi connectivity index (χ0v) is 10.2. The Balaban J connectivity index is 2.28. The number of benzene rings is 2. The van der Waals surface area contributed by atoms with Gasteiger partial charge in [-0.15, -0.1) is 0 Å². The molecule has 2 aromatic carbocycles. The zero-order chi connectivity index (χ0) is 14.3. The second kappa shape index (κ2) is 4.31. The maximum absolute atomic E-state index is 12.0. The Hall–Kier alpha value is -2.95. The van der Waals surface area contributed by atoms with E-state index in [9.17, 15) is 20.1 Å². The smallest absolute Gasteiger partial charge is 0.344 e. The standard InChI is InChI=1S/C15H10O5/c16-11-5-4-8(7-13(11)18)10-6-9-2-1-3-12(17)14(9)20-15(10)19/h1-7,16-18H. The lowest BCUT2D eigenvalue weighted by Gasteiger charge is -2.05. The molecule has 5 nitrogen and oxygen atoms in total. The van der Waals surface area contributed by atoms with Crippen LogP contribution in [0.25, 0.3) is 22.1 Å². The van der Waals surface area contributed by atoms with Gasteiger partial charge in [0.15, 0.2) is 22.8 Å². The first kappa shape index (κ1) is 12.1. The van der Waals surface area contributed by atoms with Gasteiger partial charge in [-0.1, -0.05) is 18.2 Å². The average Bonchev–Trinajstić information content (AvgIpc) is 2.42. The van der Waals surface area contributed by atoms with Crippen molar-refractivity contribution in [2.24, 2.45) is 0 Å². The van der Waals surface area contributed by atoms with E-state index in [1.165, 1.54) is 24.3 Å². The first-order valence-corrected chi connectivity index (χ1v) is 5.84. The first-order valence-electron chi connectivity index (χ1n) is 5.84. The van der Waals surface area contributed by atoms with Gasteiger partial charge in [0, 0.05) is 5.39 Å². The highest BCUT2D eigenvalue weighted by atomic mass is 16.4. The normalized spacial score (nSPS) is 10.8. The van der Waals surface area contributed by atoms with Gasteiger partial charge >= 0.3 is 5.63 Å². The van der Waals surface area contributed by atoms with Crippen LogP contribution in [0, 0.1) is 0 Å². The molecule has 20 heavy (non-hydrogen) atoms. The van der Waals surface area contributed by atoms with E-state index in [0.717, 1.165) is 0 Å². The number of phenols is 3. The Labute approximate surface area is 113 Å². The maximum Gasteiger partial charge on any atom is 0.344 e. The first-order chi connectivity index (χ1) is 9.56. The fourth-order valence-electron chi connectivity index (χ4n) is 2.02. The van der Waals surface area contributed by atoms with Crippen molar-refractivity contribution in [1.82, 2.24) is 0 Å². The summed E-state index contributed by atoms with van der Waals surface area (Å²) in [7, 11) is 0. The Morgan fingerprint density at radius 3 is 2.40 bits per heavy atom. The summed E-state index contributed by atoms with van der Waals surface area (Å²) >= 11 is 0. The van der Waals surface area contributed by atoms with Crippen molar-refractivity contribution in [2.45, 2.75) is 0 Å². The van der Waals surface area contributed by atoms with Gasteiger partial charge in [0.2, 0.25) is 0 Å². The lowest BCUT2D eigenvalue weighted by molar-refractivity contribution is 0.404. The van der Waals surface area contributed by atoms with E-state index >= 15 is 0 Å². The van der Waals surface area contributed by atoms with Gasteiger partial charge in [0.25, 0.3) is 0 Å². The SMILES string of the molecule is O=c1oc2c(O)cccc2cc1-c1ccc(O)c(O)c1. The van der Waals surface area contributed by atoms with E-state index in [2.05, 4.69) is 0 Å². The Kier molecular flexibility index (Phi) is 2.61. The van der Waals surface area contributed by atoms with Crippen molar-refractivity contribution < 1.29 is 19.7 Å². The highest BCUT2D eigenvalue weighted by Crippen LogP contribution is 2.31. The quantitative estimate of drug-likeness (QED) is 0.467. The highest BCUT2D eigenvalue weighted by Gasteiger charge is 2.11. The fraction of sp³-hybridized carbons (Fsp3) is 0. The largest absolute Gasteiger partial charge is 0.504 e. The molecule has 3 N–H and O–H groups in total. The van der Waals surface area contributed by atoms with Gasteiger partial charge in [-0.25, -0.2) is 4.79 Å². The summed E-state index contributed by atoms with van der Waals surface area (Å²) in [6.07, 6.45) is 0. The van der Waals surface area contributed by atoms with Crippen molar-refractivity contribution in [1.29, 1.82) is 0 Å². The lowest BCUT2D eigenvalue weighted by Crippen LogP contribution is -2.02. The number of rotatable bonds is 1. The molecule has 3 aromatic rings. The molecule has 0 spiro atoms. The Morgan fingerprint density at radius 1 is 0.850 bits per heavy atom. The molecule has 100 valence electrons. The van der Waals surface area contributed by atoms with Crippen LogP contribution in [0.5, 0.6) is 17.2 Å². The summed E-state index contributed by atoms with van der Waals surface area (Å²) < 4.78 is 5.10. The molecule has 0 saturated carbocycles. The predicted octanol–water partition coefficient (Wildman–Crippen LogP) is 2.58. The number of hydrogen-bond acceptors (Lipinski definition) is 5. The summed E-state index contributed by atoms with van der Waals surface area (Å²) in [4.78, 5) is 12.0. The Bertz CT molecular complexity index is 864. The summed E-state index contributed by atoms with van der Waals surface area (Å²) in [6, 6.07) is 10.4. The molecule has 0 radical (unpaired) electrons. The van der Waals surface area contributed by atoms with Crippen LogP contribution < -0.4 is 5.63 Å². The van der Waals surface area contributed by atoms with Crippen LogP contribution in [-0.2, 0) is 0 Å². The number of phenolic OH excluding ortho intramolecular Hbond substituents is 3. The number of aromatic hydroxyl groups is 3. The van der Waals surface area contributed by atoms with Crippen LogP contribution in [-0.4, -0.2) is 15.3 Å². The van der Waals surface area contributed by atoms with Crippen molar-refractivity contribution in [3.63, 3.8) is 0 Å². The van der Waals surface area contributed by atoms with Gasteiger partial charge in [-0.05, 0) is 29.8 Å². The molecule has 1 heterocycles. The summed E-state index contributed by atoms with van der Waals surface area (Å²) in [5, 5.41) is 29.0. The number of para-hydroxylation sites is 1. The number of fused-ring (bicyclic) bond motifs is 1. The molecule has 0 aliphatic carbocycles. The van der Waals surface area contributed by atoms with Crippen molar-refractivity contribution in [2.75, 3.05) is 0 Å². The molecular formula is C15H10O5. The van der Waals surface area contributed by atoms with E-state index in [0.29, 0.717) is 10.9 Å². The minimum Gasteiger partial charge on any atom is -0.504 e. The summed E-state index contributed by atoms with van der Waals surface area (Å²) in [5.74, 6) is -0.700. The lowest BCUT2D eigenvalue weighted by atomic mass is 10.1. The monoisotopic (exact) mass is 270 g/mol. The van der Waals surface area contributed by atoms with E-state index < -0.39 is 5.63 Å². The molecule has 5 heteroatoms. The second-order valence-electron chi connectivity index (χ2n) is 4.35. The van der Waals surface area contributed by atoms with Crippen LogP contribution in [0.2, 0.25) is 0 Å². The van der Waals surface area contributed by atoms with Crippen LogP contribution in [0.1, 0.15) is 0 Å². The highest BCUT2D eigenvalue weighted by molar-refractivity contribution is 5.86. The second-order valence-corrected chi connectivity index (χ2v) is 4.35. The fourth-order valence-corrected chi connectivity index (χ4v) is 2.02. The topological polar surface area (TPSA) is 90.9 Å². The molecular weight excluding hydrogens is 260 g/mol. The van der Waals surface area contributed by atoms with Crippen molar-refractivity contribution >= 4 is 11.0 Å². The molecule has 0 aliphatic rings. The van der Waals surface area contributed by atoms with Crippen molar-refractivity contribution in [3.8, 4) is 28.4 Å². The van der Waals surface area contributed by atoms with Gasteiger partial charge in [0.05, 0.1) is 5.56 Å². The number of hydrogen-bond donors (Lipinski definition) is 3. The van der Waals surface area contributed by atoms with Crippen LogP contribution in [0.4, 0.5) is 0 Å². The van der Waals surface area contributed by atoms with Gasteiger partial charge in [-0.2, -0.15) is 0 Å². The third-order valence-electron chi connectivity index (χ3n) is 3.03. The summed E-state index contributed by atoms with van der Waals surface area (Å²) in [5.41, 5.74) is 0.131. The molecule has 3 rings (SSSR count). The van der Waals surface area contributed by atoms with Crippen LogP contribution in [0.15, 0.2) is 51.7 Å². The van der Waals surface area contributed by atoms with E-state index in [-0.39, 0.29) is 28.4 Å². The van der Waals surface area contributed by atoms with Gasteiger partial charge < -0.3 is 19.7 Å². The van der Waals surface area contributed by atoms with E-state index in [4.69, 9.17) is 4.42 Å². The molecule has 0 unspecified atom stereocenters. The van der Waals surface area contributed by atoms with Gasteiger partial charge in [0.1, 0.15) is 0 Å². The molecule has 0 atom stereocenters. The minimum absolute atomic E-state index is 0.111. The van der Waals surface area contributed by atoms with E-state index in [1.807, 2.05) is 0 Å². The van der Waals surface area contributed by atoms with Crippen LogP contribution in [0.3, 0.4) is 0 Å². The summed E-state index contributed by atoms with van der Waals surface area (Å²) in [6.45, 7) is 0. The van der Waals surface area contributed by atoms with Crippen LogP contribution >= 0.6 is 0 Å². The van der Waals surface area contributed by atoms with Gasteiger partial charge in [-0.3, -0.25) is 0 Å². The maximum atomic E-state index is 12.0. The predicted molar refractivity (Wildman–Crippen MR) is 72.9 cm³/mol. The molecule has 1 aromatic heterocycles. The molecule has 0 amide bonds. The third kappa shape index (κ3) is 1.85. The molecule has 0 aliphatic heterocycles. The third-order valence-corrected chi connectivity index (χ3v) is 3.03.